The highest BCUT2D eigenvalue weighted by atomic mass is 16.3. The van der Waals surface area contributed by atoms with Gasteiger partial charge in [-0.25, -0.2) is 0 Å². The molecule has 10 heavy (non-hydrogen) atoms. The molecule has 2 heteroatoms. The van der Waals surface area contributed by atoms with Crippen LogP contribution < -0.4 is 5.32 Å². The molecular formula is C8H13NO. The van der Waals surface area contributed by atoms with Gasteiger partial charge in [0.05, 0.1) is 13.2 Å². The second-order valence-corrected chi connectivity index (χ2v) is 1.83. The number of hydrogen-bond donors (Lipinski definition) is 2. The molecule has 56 valence electrons. The van der Waals surface area contributed by atoms with Crippen molar-refractivity contribution in [2.75, 3.05) is 13.2 Å². The molecular weight excluding hydrogens is 126 g/mol. The van der Waals surface area contributed by atoms with Crippen molar-refractivity contribution < 1.29 is 5.11 Å². The average Bonchev–Trinajstić information content (AvgIpc) is 1.99. The number of hydrogen-bond acceptors (Lipinski definition) is 2. The van der Waals surface area contributed by atoms with Gasteiger partial charge in [0.1, 0.15) is 0 Å². The Morgan fingerprint density at radius 1 is 1.80 bits per heavy atom. The van der Waals surface area contributed by atoms with Crippen molar-refractivity contribution in [2.45, 2.75) is 13.0 Å². The highest BCUT2D eigenvalue weighted by molar-refractivity contribution is 4.99. The molecule has 0 spiro atoms. The van der Waals surface area contributed by atoms with Gasteiger partial charge in [-0.15, -0.1) is 12.5 Å². The van der Waals surface area contributed by atoms with Crippen LogP contribution in [0, 0.1) is 11.8 Å². The lowest BCUT2D eigenvalue weighted by Crippen LogP contribution is -2.30. The minimum Gasteiger partial charge on any atom is -0.394 e. The topological polar surface area (TPSA) is 32.3 Å². The fourth-order valence-corrected chi connectivity index (χ4v) is 0.493. The Hall–Kier alpha value is -0.780. The van der Waals surface area contributed by atoms with Crippen molar-refractivity contribution in [2.24, 2.45) is 0 Å². The van der Waals surface area contributed by atoms with Gasteiger partial charge in [0.25, 0.3) is 0 Å². The average molecular weight is 139 g/mol. The van der Waals surface area contributed by atoms with E-state index in [0.29, 0.717) is 6.54 Å². The highest BCUT2D eigenvalue weighted by Crippen LogP contribution is 1.79. The third-order valence-electron chi connectivity index (χ3n) is 1.11. The maximum atomic E-state index is 8.64. The summed E-state index contributed by atoms with van der Waals surface area (Å²) in [5.74, 6) is 5.57. The normalized spacial score (nSPS) is 11.4. The van der Waals surface area contributed by atoms with Gasteiger partial charge in [-0.1, -0.05) is 12.0 Å². The molecule has 0 aromatic carbocycles. The molecule has 0 aliphatic rings. The fourth-order valence-electron chi connectivity index (χ4n) is 0.493. The van der Waals surface area contributed by atoms with Crippen molar-refractivity contribution in [3.8, 4) is 11.8 Å². The number of nitrogens with one attached hydrogen (secondary N) is 1. The Morgan fingerprint density at radius 2 is 2.50 bits per heavy atom. The molecule has 0 amide bonds. The summed E-state index contributed by atoms with van der Waals surface area (Å²) in [6.45, 7) is 6.00. The molecule has 2 N–H and O–H groups in total. The van der Waals surface area contributed by atoms with Gasteiger partial charge < -0.3 is 5.11 Å². The smallest absolute Gasteiger partial charge is 0.0620 e. The Labute approximate surface area is 61.9 Å². The molecule has 0 bridgehead atoms. The highest BCUT2D eigenvalue weighted by Gasteiger charge is 1.96. The van der Waals surface area contributed by atoms with Crippen molar-refractivity contribution in [3.05, 3.63) is 12.7 Å². The maximum absolute atomic E-state index is 8.64. The van der Waals surface area contributed by atoms with Crippen molar-refractivity contribution in [1.82, 2.24) is 5.32 Å². The Kier molecular flexibility index (Phi) is 5.85. The van der Waals surface area contributed by atoms with Gasteiger partial charge in [0.15, 0.2) is 0 Å². The van der Waals surface area contributed by atoms with Crippen LogP contribution in [0.4, 0.5) is 0 Å². The van der Waals surface area contributed by atoms with Gasteiger partial charge in [-0.3, -0.25) is 5.32 Å². The van der Waals surface area contributed by atoms with Gasteiger partial charge in [0, 0.05) is 6.04 Å². The van der Waals surface area contributed by atoms with Crippen LogP contribution in [0.25, 0.3) is 0 Å². The second-order valence-electron chi connectivity index (χ2n) is 1.83. The number of rotatable bonds is 4. The van der Waals surface area contributed by atoms with Crippen LogP contribution in [-0.4, -0.2) is 24.3 Å². The monoisotopic (exact) mass is 139 g/mol. The Bertz CT molecular complexity index is 143. The van der Waals surface area contributed by atoms with E-state index in [9.17, 15) is 0 Å². The molecule has 0 aliphatic carbocycles. The molecule has 0 aromatic rings. The summed E-state index contributed by atoms with van der Waals surface area (Å²) in [6, 6.07) is -0.0270. The summed E-state index contributed by atoms with van der Waals surface area (Å²) in [5, 5.41) is 11.6. The van der Waals surface area contributed by atoms with Gasteiger partial charge in [0.2, 0.25) is 0 Å². The molecule has 0 saturated carbocycles. The predicted octanol–water partition coefficient (Wildman–Crippen LogP) is 0.146. The quantitative estimate of drug-likeness (QED) is 0.429. The lowest BCUT2D eigenvalue weighted by atomic mass is 10.3. The van der Waals surface area contributed by atoms with E-state index in [-0.39, 0.29) is 12.6 Å². The first-order valence-electron chi connectivity index (χ1n) is 3.21. The van der Waals surface area contributed by atoms with Crippen molar-refractivity contribution in [1.29, 1.82) is 0 Å². The van der Waals surface area contributed by atoms with E-state index >= 15 is 0 Å². The summed E-state index contributed by atoms with van der Waals surface area (Å²) in [7, 11) is 0. The largest absolute Gasteiger partial charge is 0.394 e. The van der Waals surface area contributed by atoms with E-state index in [2.05, 4.69) is 23.7 Å². The van der Waals surface area contributed by atoms with E-state index in [1.54, 1.807) is 13.0 Å². The zero-order valence-corrected chi connectivity index (χ0v) is 6.22. The summed E-state index contributed by atoms with van der Waals surface area (Å²) in [4.78, 5) is 0. The molecule has 0 unspecified atom stereocenters. The van der Waals surface area contributed by atoms with E-state index in [0.717, 1.165) is 0 Å². The van der Waals surface area contributed by atoms with Crippen LogP contribution >= 0.6 is 0 Å². The predicted molar refractivity (Wildman–Crippen MR) is 42.5 cm³/mol. The minimum atomic E-state index is -0.0270. The zero-order chi connectivity index (χ0) is 7.82. The first-order valence-corrected chi connectivity index (χ1v) is 3.21. The SMILES string of the molecule is C=C[C@H](CO)NCC#CC. The van der Waals surface area contributed by atoms with Crippen molar-refractivity contribution in [3.63, 3.8) is 0 Å². The van der Waals surface area contributed by atoms with Crippen LogP contribution in [0.15, 0.2) is 12.7 Å². The van der Waals surface area contributed by atoms with Crippen LogP contribution in [-0.2, 0) is 0 Å². The first-order chi connectivity index (χ1) is 4.85. The Balaban J connectivity index is 3.40. The minimum absolute atomic E-state index is 0.0270. The van der Waals surface area contributed by atoms with E-state index < -0.39 is 0 Å². The molecule has 1 atom stereocenters. The zero-order valence-electron chi connectivity index (χ0n) is 6.22. The van der Waals surface area contributed by atoms with Gasteiger partial charge in [-0.2, -0.15) is 0 Å². The third-order valence-corrected chi connectivity index (χ3v) is 1.11. The molecule has 0 aliphatic heterocycles. The summed E-state index contributed by atoms with van der Waals surface area (Å²) < 4.78 is 0. The van der Waals surface area contributed by atoms with E-state index in [4.69, 9.17) is 5.11 Å². The molecule has 0 aromatic heterocycles. The number of aliphatic hydroxyl groups is 1. The van der Waals surface area contributed by atoms with Gasteiger partial charge in [-0.05, 0) is 6.92 Å². The van der Waals surface area contributed by atoms with Gasteiger partial charge >= 0.3 is 0 Å². The molecule has 0 saturated heterocycles. The standard InChI is InChI=1S/C8H13NO/c1-3-5-6-9-8(4-2)7-10/h4,8-10H,2,6-7H2,1H3/t8-/m1/s1. The summed E-state index contributed by atoms with van der Waals surface area (Å²) in [5.41, 5.74) is 0. The van der Waals surface area contributed by atoms with E-state index in [1.807, 2.05) is 0 Å². The van der Waals surface area contributed by atoms with Crippen LogP contribution in [0.5, 0.6) is 0 Å². The van der Waals surface area contributed by atoms with Crippen LogP contribution in [0.2, 0.25) is 0 Å². The van der Waals surface area contributed by atoms with Crippen LogP contribution in [0.1, 0.15) is 6.92 Å². The number of aliphatic hydroxyl groups excluding tert-OH is 1. The maximum Gasteiger partial charge on any atom is 0.0620 e. The molecule has 2 nitrogen and oxygen atoms in total. The molecule has 0 heterocycles. The molecule has 0 radical (unpaired) electrons. The van der Waals surface area contributed by atoms with Crippen LogP contribution in [0.3, 0.4) is 0 Å². The lowest BCUT2D eigenvalue weighted by Gasteiger charge is -2.07. The van der Waals surface area contributed by atoms with E-state index in [1.165, 1.54) is 0 Å². The molecule has 0 rings (SSSR count). The molecule has 0 fully saturated rings. The fraction of sp³-hybridized carbons (Fsp3) is 0.500. The Morgan fingerprint density at radius 3 is 2.90 bits per heavy atom. The first kappa shape index (κ1) is 9.22. The lowest BCUT2D eigenvalue weighted by molar-refractivity contribution is 0.268. The third kappa shape index (κ3) is 4.13. The summed E-state index contributed by atoms with van der Waals surface area (Å²) >= 11 is 0. The second kappa shape index (κ2) is 6.34. The summed E-state index contributed by atoms with van der Waals surface area (Å²) in [6.07, 6.45) is 1.66. The van der Waals surface area contributed by atoms with Crippen molar-refractivity contribution >= 4 is 0 Å².